The summed E-state index contributed by atoms with van der Waals surface area (Å²) in [5, 5.41) is 7.64. The molecule has 0 saturated carbocycles. The first-order valence-electron chi connectivity index (χ1n) is 12.1. The maximum Gasteiger partial charge on any atom is 0.291 e. The van der Waals surface area contributed by atoms with Gasteiger partial charge in [-0.05, 0) is 55.5 Å². The molecule has 5 aromatic rings. The maximum absolute atomic E-state index is 13.6. The Balaban J connectivity index is 1.35. The van der Waals surface area contributed by atoms with Crippen molar-refractivity contribution in [2.45, 2.75) is 6.92 Å². The van der Waals surface area contributed by atoms with Gasteiger partial charge in [-0.3, -0.25) is 19.3 Å². The number of para-hydroxylation sites is 1. The van der Waals surface area contributed by atoms with Crippen molar-refractivity contribution in [2.24, 2.45) is 0 Å². The summed E-state index contributed by atoms with van der Waals surface area (Å²) < 4.78 is 6.91. The molecule has 0 bridgehead atoms. The molecule has 1 aliphatic rings. The highest BCUT2D eigenvalue weighted by Gasteiger charge is 2.35. The number of anilines is 2. The van der Waals surface area contributed by atoms with Crippen LogP contribution < -0.4 is 25.0 Å². The van der Waals surface area contributed by atoms with Crippen molar-refractivity contribution in [1.82, 2.24) is 14.6 Å². The van der Waals surface area contributed by atoms with Gasteiger partial charge < -0.3 is 10.1 Å². The Morgan fingerprint density at radius 1 is 1.05 bits per heavy atom. The summed E-state index contributed by atoms with van der Waals surface area (Å²) >= 11 is 7.10. The standard InChI is InChI=1S/C28H20ClN5O4S/c1-2-38-19-12-10-16(11-13-19)25-31-28-34(32-25)27(37)24(39-28)23-20-8-3-4-9-21(20)33(26(23)36)15-22(35)30-18-7-5-6-17(29)14-18/h3-14H,2,15H2,1H3,(H,30,35)/b24-23-. The van der Waals surface area contributed by atoms with E-state index in [0.717, 1.165) is 22.6 Å². The SMILES string of the molecule is CCOc1ccc(-c2nc3s/c(=C4\C(=O)N(CC(=O)Nc5cccc(Cl)c5)c5ccccc54)c(=O)n3n2)cc1. The average Bonchev–Trinajstić information content (AvgIpc) is 3.56. The Kier molecular flexibility index (Phi) is 6.34. The van der Waals surface area contributed by atoms with Crippen molar-refractivity contribution in [1.29, 1.82) is 0 Å². The summed E-state index contributed by atoms with van der Waals surface area (Å²) in [7, 11) is 0. The van der Waals surface area contributed by atoms with Crippen molar-refractivity contribution >= 4 is 56.7 Å². The number of carbonyl (C=O) groups is 2. The molecule has 0 fully saturated rings. The topological polar surface area (TPSA) is 106 Å². The van der Waals surface area contributed by atoms with E-state index in [1.54, 1.807) is 48.5 Å². The summed E-state index contributed by atoms with van der Waals surface area (Å²) in [4.78, 5) is 46.1. The molecule has 1 aliphatic heterocycles. The minimum atomic E-state index is -0.442. The minimum Gasteiger partial charge on any atom is -0.494 e. The number of nitrogens with one attached hydrogen (secondary N) is 1. The predicted molar refractivity (Wildman–Crippen MR) is 150 cm³/mol. The van der Waals surface area contributed by atoms with E-state index in [1.807, 2.05) is 31.2 Å². The van der Waals surface area contributed by atoms with Crippen molar-refractivity contribution in [3.8, 4) is 17.1 Å². The largest absolute Gasteiger partial charge is 0.494 e. The number of nitrogens with zero attached hydrogens (tertiary/aromatic N) is 4. The van der Waals surface area contributed by atoms with E-state index < -0.39 is 17.4 Å². The molecule has 6 rings (SSSR count). The third-order valence-electron chi connectivity index (χ3n) is 6.14. The smallest absolute Gasteiger partial charge is 0.291 e. The lowest BCUT2D eigenvalue weighted by Crippen LogP contribution is -2.37. The van der Waals surface area contributed by atoms with Crippen molar-refractivity contribution in [3.05, 3.63) is 98.3 Å². The molecule has 0 unspecified atom stereocenters. The van der Waals surface area contributed by atoms with Gasteiger partial charge in [0.1, 0.15) is 16.8 Å². The molecule has 0 atom stereocenters. The molecule has 0 spiro atoms. The van der Waals surface area contributed by atoms with Crippen LogP contribution in [0.5, 0.6) is 5.75 Å². The maximum atomic E-state index is 13.6. The number of halogens is 1. The fourth-order valence-electron chi connectivity index (χ4n) is 4.44. The fourth-order valence-corrected chi connectivity index (χ4v) is 5.63. The molecule has 2 amide bonds. The first-order valence-corrected chi connectivity index (χ1v) is 13.3. The molecule has 1 N–H and O–H groups in total. The number of fused-ring (bicyclic) bond motifs is 2. The minimum absolute atomic E-state index is 0.221. The Morgan fingerprint density at radius 3 is 2.59 bits per heavy atom. The van der Waals surface area contributed by atoms with E-state index in [2.05, 4.69) is 15.4 Å². The van der Waals surface area contributed by atoms with Gasteiger partial charge in [-0.2, -0.15) is 9.50 Å². The summed E-state index contributed by atoms with van der Waals surface area (Å²) in [6, 6.07) is 21.1. The monoisotopic (exact) mass is 557 g/mol. The fraction of sp³-hybridized carbons (Fsp3) is 0.107. The number of ether oxygens (including phenoxy) is 1. The molecule has 3 aromatic carbocycles. The van der Waals surface area contributed by atoms with Gasteiger partial charge in [-0.25, -0.2) is 0 Å². The quantitative estimate of drug-likeness (QED) is 0.341. The highest BCUT2D eigenvalue weighted by Crippen LogP contribution is 2.35. The Bertz CT molecular complexity index is 1870. The number of aromatic nitrogens is 3. The van der Waals surface area contributed by atoms with Gasteiger partial charge in [-0.15, -0.1) is 5.10 Å². The van der Waals surface area contributed by atoms with E-state index in [0.29, 0.717) is 39.4 Å². The second-order valence-corrected chi connectivity index (χ2v) is 10.1. The summed E-state index contributed by atoms with van der Waals surface area (Å²) in [6.45, 7) is 2.24. The highest BCUT2D eigenvalue weighted by molar-refractivity contribution is 7.15. The Labute approximate surface area is 230 Å². The van der Waals surface area contributed by atoms with Crippen molar-refractivity contribution in [2.75, 3.05) is 23.4 Å². The van der Waals surface area contributed by atoms with Gasteiger partial charge in [0, 0.05) is 21.8 Å². The average molecular weight is 558 g/mol. The lowest BCUT2D eigenvalue weighted by molar-refractivity contribution is -0.118. The van der Waals surface area contributed by atoms with Gasteiger partial charge in [0.05, 0.1) is 17.9 Å². The molecule has 0 radical (unpaired) electrons. The van der Waals surface area contributed by atoms with Gasteiger partial charge in [0.15, 0.2) is 5.82 Å². The van der Waals surface area contributed by atoms with Crippen LogP contribution in [0, 0.1) is 0 Å². The summed E-state index contributed by atoms with van der Waals surface area (Å²) in [5.74, 6) is 0.294. The highest BCUT2D eigenvalue weighted by atomic mass is 35.5. The molecule has 194 valence electrons. The zero-order valence-electron chi connectivity index (χ0n) is 20.6. The van der Waals surface area contributed by atoms with Gasteiger partial charge >= 0.3 is 0 Å². The summed E-state index contributed by atoms with van der Waals surface area (Å²) in [6.07, 6.45) is 0. The van der Waals surface area contributed by atoms with Gasteiger partial charge in [0.2, 0.25) is 10.9 Å². The first-order chi connectivity index (χ1) is 18.9. The molecule has 9 nitrogen and oxygen atoms in total. The third-order valence-corrected chi connectivity index (χ3v) is 7.41. The zero-order chi connectivity index (χ0) is 27.1. The van der Waals surface area contributed by atoms with Gasteiger partial charge in [-0.1, -0.05) is 47.2 Å². The van der Waals surface area contributed by atoms with Crippen LogP contribution in [0.4, 0.5) is 11.4 Å². The number of hydrogen-bond acceptors (Lipinski definition) is 7. The number of carbonyl (C=O) groups excluding carboxylic acids is 2. The molecule has 0 saturated heterocycles. The van der Waals surface area contributed by atoms with Crippen molar-refractivity contribution in [3.63, 3.8) is 0 Å². The van der Waals surface area contributed by atoms with Crippen LogP contribution >= 0.6 is 22.9 Å². The lowest BCUT2D eigenvalue weighted by atomic mass is 10.1. The van der Waals surface area contributed by atoms with E-state index in [1.165, 1.54) is 9.42 Å². The van der Waals surface area contributed by atoms with Crippen LogP contribution in [0.3, 0.4) is 0 Å². The van der Waals surface area contributed by atoms with Crippen molar-refractivity contribution < 1.29 is 14.3 Å². The predicted octanol–water partition coefficient (Wildman–Crippen LogP) is 3.77. The van der Waals surface area contributed by atoms with Crippen LogP contribution in [-0.4, -0.2) is 39.6 Å². The second-order valence-electron chi connectivity index (χ2n) is 8.67. The van der Waals surface area contributed by atoms with E-state index in [4.69, 9.17) is 16.3 Å². The first kappa shape index (κ1) is 24.8. The molecule has 3 heterocycles. The van der Waals surface area contributed by atoms with E-state index in [9.17, 15) is 14.4 Å². The molecule has 0 aliphatic carbocycles. The van der Waals surface area contributed by atoms with Crippen LogP contribution in [0.1, 0.15) is 12.5 Å². The molecule has 2 aromatic heterocycles. The van der Waals surface area contributed by atoms with Crippen LogP contribution in [-0.2, 0) is 9.59 Å². The van der Waals surface area contributed by atoms with Crippen LogP contribution in [0.25, 0.3) is 21.9 Å². The molecule has 39 heavy (non-hydrogen) atoms. The van der Waals surface area contributed by atoms with E-state index in [-0.39, 0.29) is 16.7 Å². The van der Waals surface area contributed by atoms with Crippen LogP contribution in [0.15, 0.2) is 77.6 Å². The number of amides is 2. The van der Waals surface area contributed by atoms with E-state index >= 15 is 0 Å². The number of thiazole rings is 1. The summed E-state index contributed by atoms with van der Waals surface area (Å²) in [5.41, 5.74) is 2.17. The van der Waals surface area contributed by atoms with Crippen LogP contribution in [0.2, 0.25) is 5.02 Å². The molecular formula is C28H20ClN5O4S. The Morgan fingerprint density at radius 2 is 1.85 bits per heavy atom. The zero-order valence-corrected chi connectivity index (χ0v) is 22.1. The third kappa shape index (κ3) is 4.53. The Hall–Kier alpha value is -4.54. The molecular weight excluding hydrogens is 538 g/mol. The number of benzene rings is 3. The second kappa shape index (κ2) is 9.97. The molecule has 11 heteroatoms. The number of rotatable bonds is 6. The lowest BCUT2D eigenvalue weighted by Gasteiger charge is -2.16. The normalized spacial score (nSPS) is 14.1. The number of hydrogen-bond donors (Lipinski definition) is 1. The van der Waals surface area contributed by atoms with Gasteiger partial charge in [0.25, 0.3) is 11.5 Å².